The quantitative estimate of drug-likeness (QED) is 0.589. The number of hydrogen-bond acceptors (Lipinski definition) is 5. The van der Waals surface area contributed by atoms with E-state index in [0.717, 1.165) is 12.2 Å². The first-order valence-electron chi connectivity index (χ1n) is 6.55. The number of thioether (sulfide) groups is 1. The van der Waals surface area contributed by atoms with E-state index in [0.29, 0.717) is 5.16 Å². The molecule has 2 N–H and O–H groups in total. The molecule has 0 fully saturated rings. The maximum Gasteiger partial charge on any atom is 0.326 e. The first kappa shape index (κ1) is 17.7. The minimum atomic E-state index is -1.09. The van der Waals surface area contributed by atoms with Gasteiger partial charge in [-0.2, -0.15) is 0 Å². The lowest BCUT2D eigenvalue weighted by molar-refractivity contribution is -0.140. The van der Waals surface area contributed by atoms with Gasteiger partial charge in [-0.15, -0.1) is 0 Å². The zero-order chi connectivity index (χ0) is 16.0. The molecule has 0 aliphatic rings. The van der Waals surface area contributed by atoms with Crippen LogP contribution in [0.2, 0.25) is 5.02 Å². The van der Waals surface area contributed by atoms with Gasteiger partial charge in [0.1, 0.15) is 6.04 Å². The number of hydrogen-bond donors (Lipinski definition) is 2. The SMILES string of the molecule is CCCSc1ncc(Cl)c(C(=O)NC(C(=O)O)C(C)C)n1. The molecule has 1 rings (SSSR count). The molecule has 8 heteroatoms. The Morgan fingerprint density at radius 1 is 1.48 bits per heavy atom. The Balaban J connectivity index is 2.92. The largest absolute Gasteiger partial charge is 0.480 e. The van der Waals surface area contributed by atoms with Gasteiger partial charge in [-0.3, -0.25) is 4.79 Å². The van der Waals surface area contributed by atoms with E-state index in [-0.39, 0.29) is 16.6 Å². The average molecular weight is 332 g/mol. The van der Waals surface area contributed by atoms with Gasteiger partial charge in [-0.1, -0.05) is 44.1 Å². The van der Waals surface area contributed by atoms with Crippen molar-refractivity contribution >= 4 is 35.2 Å². The fourth-order valence-electron chi connectivity index (χ4n) is 1.50. The summed E-state index contributed by atoms with van der Waals surface area (Å²) in [7, 11) is 0. The highest BCUT2D eigenvalue weighted by Crippen LogP contribution is 2.19. The Labute approximate surface area is 132 Å². The van der Waals surface area contributed by atoms with Crippen LogP contribution in [-0.4, -0.2) is 38.7 Å². The molecule has 0 saturated heterocycles. The molecule has 1 aromatic heterocycles. The third-order valence-electron chi connectivity index (χ3n) is 2.59. The number of nitrogens with one attached hydrogen (secondary N) is 1. The van der Waals surface area contributed by atoms with Crippen LogP contribution >= 0.6 is 23.4 Å². The summed E-state index contributed by atoms with van der Waals surface area (Å²) < 4.78 is 0. The van der Waals surface area contributed by atoms with E-state index in [1.54, 1.807) is 13.8 Å². The molecular formula is C13H18ClN3O3S. The smallest absolute Gasteiger partial charge is 0.326 e. The number of carbonyl (C=O) groups is 2. The zero-order valence-corrected chi connectivity index (χ0v) is 13.7. The van der Waals surface area contributed by atoms with Crippen molar-refractivity contribution in [1.29, 1.82) is 0 Å². The summed E-state index contributed by atoms with van der Waals surface area (Å²) in [6, 6.07) is -0.990. The molecule has 1 atom stereocenters. The van der Waals surface area contributed by atoms with Crippen molar-refractivity contribution in [2.45, 2.75) is 38.4 Å². The van der Waals surface area contributed by atoms with E-state index in [1.165, 1.54) is 18.0 Å². The highest BCUT2D eigenvalue weighted by molar-refractivity contribution is 7.99. The molecule has 0 aromatic carbocycles. The summed E-state index contributed by atoms with van der Waals surface area (Å²) in [6.07, 6.45) is 2.30. The predicted octanol–water partition coefficient (Wildman–Crippen LogP) is 2.47. The van der Waals surface area contributed by atoms with Gasteiger partial charge in [0.05, 0.1) is 11.2 Å². The van der Waals surface area contributed by atoms with Crippen LogP contribution in [0.4, 0.5) is 0 Å². The maximum absolute atomic E-state index is 12.2. The molecule has 0 saturated carbocycles. The van der Waals surface area contributed by atoms with Gasteiger partial charge in [0.25, 0.3) is 5.91 Å². The Morgan fingerprint density at radius 3 is 2.67 bits per heavy atom. The van der Waals surface area contributed by atoms with Crippen LogP contribution in [-0.2, 0) is 4.79 Å². The fourth-order valence-corrected chi connectivity index (χ4v) is 2.34. The van der Waals surface area contributed by atoms with Gasteiger partial charge >= 0.3 is 5.97 Å². The molecule has 0 aliphatic carbocycles. The van der Waals surface area contributed by atoms with Crippen LogP contribution in [0.3, 0.4) is 0 Å². The molecule has 21 heavy (non-hydrogen) atoms. The summed E-state index contributed by atoms with van der Waals surface area (Å²) >= 11 is 7.34. The van der Waals surface area contributed by atoms with Crippen molar-refractivity contribution < 1.29 is 14.7 Å². The molecule has 0 aliphatic heterocycles. The molecule has 0 spiro atoms. The first-order valence-corrected chi connectivity index (χ1v) is 7.92. The molecule has 6 nitrogen and oxygen atoms in total. The van der Waals surface area contributed by atoms with Crippen LogP contribution in [0.5, 0.6) is 0 Å². The number of aromatic nitrogens is 2. The minimum absolute atomic E-state index is 0.00262. The van der Waals surface area contributed by atoms with Crippen LogP contribution in [0.15, 0.2) is 11.4 Å². The monoisotopic (exact) mass is 331 g/mol. The summed E-state index contributed by atoms with van der Waals surface area (Å²) in [5.74, 6) is -1.13. The number of rotatable bonds is 7. The second-order valence-corrected chi connectivity index (χ2v) is 6.20. The zero-order valence-electron chi connectivity index (χ0n) is 12.1. The summed E-state index contributed by atoms with van der Waals surface area (Å²) in [6.45, 7) is 5.45. The van der Waals surface area contributed by atoms with Crippen molar-refractivity contribution in [3.8, 4) is 0 Å². The Kier molecular flexibility index (Phi) is 6.91. The predicted molar refractivity (Wildman–Crippen MR) is 81.8 cm³/mol. The number of nitrogens with zero attached hydrogens (tertiary/aromatic N) is 2. The Hall–Kier alpha value is -1.34. The molecule has 116 valence electrons. The fraction of sp³-hybridized carbons (Fsp3) is 0.538. The highest BCUT2D eigenvalue weighted by atomic mass is 35.5. The van der Waals surface area contributed by atoms with E-state index in [1.807, 2.05) is 6.92 Å². The first-order chi connectivity index (χ1) is 9.86. The van der Waals surface area contributed by atoms with Crippen LogP contribution in [0.25, 0.3) is 0 Å². The molecular weight excluding hydrogens is 314 g/mol. The van der Waals surface area contributed by atoms with E-state index in [4.69, 9.17) is 16.7 Å². The summed E-state index contributed by atoms with van der Waals surface area (Å²) in [4.78, 5) is 31.4. The Morgan fingerprint density at radius 2 is 2.14 bits per heavy atom. The second kappa shape index (κ2) is 8.19. The number of carboxylic acid groups (broad SMARTS) is 1. The van der Waals surface area contributed by atoms with Gasteiger partial charge in [-0.05, 0) is 12.3 Å². The van der Waals surface area contributed by atoms with Gasteiger partial charge in [0, 0.05) is 5.75 Å². The van der Waals surface area contributed by atoms with Gasteiger partial charge < -0.3 is 10.4 Å². The van der Waals surface area contributed by atoms with Gasteiger partial charge in [-0.25, -0.2) is 14.8 Å². The van der Waals surface area contributed by atoms with E-state index >= 15 is 0 Å². The molecule has 1 unspecified atom stereocenters. The molecule has 0 radical (unpaired) electrons. The van der Waals surface area contributed by atoms with Crippen molar-refractivity contribution in [1.82, 2.24) is 15.3 Å². The van der Waals surface area contributed by atoms with Gasteiger partial charge in [0.15, 0.2) is 10.9 Å². The topological polar surface area (TPSA) is 92.2 Å². The maximum atomic E-state index is 12.2. The second-order valence-electron chi connectivity index (χ2n) is 4.73. The van der Waals surface area contributed by atoms with E-state index in [2.05, 4.69) is 15.3 Å². The lowest BCUT2D eigenvalue weighted by Crippen LogP contribution is -2.44. The van der Waals surface area contributed by atoms with Crippen molar-refractivity contribution in [3.63, 3.8) is 0 Å². The lowest BCUT2D eigenvalue weighted by Gasteiger charge is -2.17. The van der Waals surface area contributed by atoms with Gasteiger partial charge in [0.2, 0.25) is 0 Å². The molecule has 1 amide bonds. The number of carbonyl (C=O) groups excluding carboxylic acids is 1. The third kappa shape index (κ3) is 5.17. The van der Waals surface area contributed by atoms with Crippen LogP contribution in [0, 0.1) is 5.92 Å². The minimum Gasteiger partial charge on any atom is -0.480 e. The number of carboxylic acids is 1. The highest BCUT2D eigenvalue weighted by Gasteiger charge is 2.25. The summed E-state index contributed by atoms with van der Waals surface area (Å²) in [5.41, 5.74) is -0.00262. The number of halogens is 1. The van der Waals surface area contributed by atoms with Crippen LogP contribution in [0.1, 0.15) is 37.7 Å². The molecule has 1 aromatic rings. The third-order valence-corrected chi connectivity index (χ3v) is 3.94. The van der Waals surface area contributed by atoms with Crippen LogP contribution < -0.4 is 5.32 Å². The van der Waals surface area contributed by atoms with Crippen molar-refractivity contribution in [2.75, 3.05) is 5.75 Å². The van der Waals surface area contributed by atoms with Crippen molar-refractivity contribution in [2.24, 2.45) is 5.92 Å². The average Bonchev–Trinajstić information content (AvgIpc) is 2.42. The van der Waals surface area contributed by atoms with E-state index in [9.17, 15) is 9.59 Å². The number of aliphatic carboxylic acids is 1. The van der Waals surface area contributed by atoms with E-state index < -0.39 is 17.9 Å². The number of amides is 1. The standard InChI is InChI=1S/C13H18ClN3O3S/c1-4-5-21-13-15-6-8(14)10(17-13)11(18)16-9(7(2)3)12(19)20/h6-7,9H,4-5H2,1-3H3,(H,16,18)(H,19,20). The lowest BCUT2D eigenvalue weighted by atomic mass is 10.0. The van der Waals surface area contributed by atoms with Crippen molar-refractivity contribution in [3.05, 3.63) is 16.9 Å². The Bertz CT molecular complexity index is 525. The summed E-state index contributed by atoms with van der Waals surface area (Å²) in [5, 5.41) is 12.1. The molecule has 1 heterocycles. The molecule has 0 bridgehead atoms. The normalized spacial score (nSPS) is 12.2.